The molecule has 0 fully saturated rings. The van der Waals surface area contributed by atoms with Crippen molar-refractivity contribution in [1.29, 1.82) is 0 Å². The van der Waals surface area contributed by atoms with Gasteiger partial charge in [-0.05, 0) is 52.6 Å². The molecule has 0 saturated heterocycles. The summed E-state index contributed by atoms with van der Waals surface area (Å²) in [5.41, 5.74) is 8.24. The molecule has 0 aliphatic carbocycles. The Morgan fingerprint density at radius 3 is 2.12 bits per heavy atom. The van der Waals surface area contributed by atoms with Gasteiger partial charge in [0.2, 0.25) is 0 Å². The molecule has 0 aliphatic rings. The Morgan fingerprint density at radius 1 is 1.17 bits per heavy atom. The lowest BCUT2D eigenvalue weighted by molar-refractivity contribution is 0.00676. The highest BCUT2D eigenvalue weighted by atomic mass is 32.3. The van der Waals surface area contributed by atoms with Crippen molar-refractivity contribution in [2.75, 3.05) is 0 Å². The number of esters is 1. The zero-order chi connectivity index (χ0) is 18.9. The van der Waals surface area contributed by atoms with Gasteiger partial charge in [-0.3, -0.25) is 0 Å². The van der Waals surface area contributed by atoms with E-state index in [9.17, 15) is 17.1 Å². The van der Waals surface area contributed by atoms with Crippen LogP contribution in [0.5, 0.6) is 5.75 Å². The summed E-state index contributed by atoms with van der Waals surface area (Å²) in [5.74, 6) is -1.18. The molecule has 0 bridgehead atoms. The molecular weight excluding hydrogens is 341 g/mol. The molecular formula is C14H18FN3O5S. The van der Waals surface area contributed by atoms with Gasteiger partial charge in [-0.2, -0.15) is 8.42 Å². The first-order valence-corrected chi connectivity index (χ1v) is 8.15. The van der Waals surface area contributed by atoms with Crippen molar-refractivity contribution in [1.82, 2.24) is 0 Å². The van der Waals surface area contributed by atoms with Crippen molar-refractivity contribution >= 4 is 22.2 Å². The van der Waals surface area contributed by atoms with Crippen molar-refractivity contribution in [2.45, 2.75) is 47.1 Å². The molecule has 0 N–H and O–H groups in total. The summed E-state index contributed by atoms with van der Waals surface area (Å²) in [4.78, 5) is 15.1. The zero-order valence-electron chi connectivity index (χ0n) is 14.2. The van der Waals surface area contributed by atoms with Gasteiger partial charge in [0, 0.05) is 21.7 Å². The van der Waals surface area contributed by atoms with E-state index in [0.29, 0.717) is 0 Å². The molecule has 0 amide bonds. The highest BCUT2D eigenvalue weighted by molar-refractivity contribution is 7.81. The molecule has 0 aromatic heterocycles. The molecule has 8 nitrogen and oxygen atoms in total. The molecule has 0 unspecified atom stereocenters. The Labute approximate surface area is 139 Å². The van der Waals surface area contributed by atoms with Gasteiger partial charge in [-0.25, -0.2) is 4.79 Å². The van der Waals surface area contributed by atoms with Gasteiger partial charge in [-0.1, -0.05) is 9.00 Å². The van der Waals surface area contributed by atoms with Gasteiger partial charge in [0.1, 0.15) is 5.60 Å². The monoisotopic (exact) mass is 359 g/mol. The first kappa shape index (κ1) is 19.7. The number of ether oxygens (including phenoxy) is 1. The van der Waals surface area contributed by atoms with Gasteiger partial charge < -0.3 is 8.92 Å². The first-order chi connectivity index (χ1) is 10.8. The SMILES string of the molecule is Cc1c(N=[N+]=[N-])c(C)c(C(=O)OC(C)(C)C)c(C)c1OS(=O)(=O)F. The summed E-state index contributed by atoms with van der Waals surface area (Å²) >= 11 is 0. The fourth-order valence-corrected chi connectivity index (χ4v) is 2.69. The van der Waals surface area contributed by atoms with E-state index < -0.39 is 27.8 Å². The number of rotatable bonds is 4. The largest absolute Gasteiger partial charge is 0.488 e. The van der Waals surface area contributed by atoms with E-state index in [2.05, 4.69) is 14.2 Å². The number of azide groups is 1. The third-order valence-electron chi connectivity index (χ3n) is 3.07. The van der Waals surface area contributed by atoms with Crippen LogP contribution in [-0.4, -0.2) is 20.0 Å². The second kappa shape index (κ2) is 6.66. The van der Waals surface area contributed by atoms with Crippen LogP contribution in [0.2, 0.25) is 0 Å². The van der Waals surface area contributed by atoms with E-state index in [1.165, 1.54) is 20.8 Å². The molecule has 10 heteroatoms. The molecule has 24 heavy (non-hydrogen) atoms. The topological polar surface area (TPSA) is 118 Å². The molecule has 0 aliphatic heterocycles. The Kier molecular flexibility index (Phi) is 5.47. The fourth-order valence-electron chi connectivity index (χ4n) is 2.24. The minimum Gasteiger partial charge on any atom is -0.456 e. The van der Waals surface area contributed by atoms with E-state index >= 15 is 0 Å². The van der Waals surface area contributed by atoms with Gasteiger partial charge in [0.05, 0.1) is 5.56 Å². The van der Waals surface area contributed by atoms with Crippen molar-refractivity contribution in [3.63, 3.8) is 0 Å². The van der Waals surface area contributed by atoms with Crippen LogP contribution in [0, 0.1) is 20.8 Å². The van der Waals surface area contributed by atoms with E-state index in [4.69, 9.17) is 10.3 Å². The van der Waals surface area contributed by atoms with Gasteiger partial charge in [0.15, 0.2) is 5.75 Å². The van der Waals surface area contributed by atoms with Gasteiger partial charge in [-0.15, -0.1) is 0 Å². The maximum Gasteiger partial charge on any atom is 0.488 e. The summed E-state index contributed by atoms with van der Waals surface area (Å²) in [6.07, 6.45) is 0. The fraction of sp³-hybridized carbons (Fsp3) is 0.500. The number of halogens is 1. The Hall–Kier alpha value is -2.32. The predicted molar refractivity (Wildman–Crippen MR) is 85.3 cm³/mol. The average molecular weight is 359 g/mol. The molecule has 1 aromatic carbocycles. The minimum absolute atomic E-state index is 0.0254. The second-order valence-corrected chi connectivity index (χ2v) is 7.05. The smallest absolute Gasteiger partial charge is 0.456 e. The van der Waals surface area contributed by atoms with Crippen molar-refractivity contribution in [2.24, 2.45) is 5.11 Å². The van der Waals surface area contributed by atoms with Crippen molar-refractivity contribution in [3.8, 4) is 5.75 Å². The highest BCUT2D eigenvalue weighted by Gasteiger charge is 2.28. The van der Waals surface area contributed by atoms with Crippen LogP contribution in [0.1, 0.15) is 47.8 Å². The molecule has 0 saturated carbocycles. The van der Waals surface area contributed by atoms with Crippen LogP contribution in [0.3, 0.4) is 0 Å². The van der Waals surface area contributed by atoms with Gasteiger partial charge in [0.25, 0.3) is 0 Å². The number of carbonyl (C=O) groups is 1. The number of benzene rings is 1. The lowest BCUT2D eigenvalue weighted by Gasteiger charge is -2.23. The molecule has 1 rings (SSSR count). The molecule has 0 heterocycles. The maximum atomic E-state index is 13.0. The summed E-state index contributed by atoms with van der Waals surface area (Å²) < 4.78 is 44.3. The van der Waals surface area contributed by atoms with E-state index in [-0.39, 0.29) is 27.9 Å². The lowest BCUT2D eigenvalue weighted by atomic mass is 9.96. The second-order valence-electron chi connectivity index (χ2n) is 6.10. The summed E-state index contributed by atoms with van der Waals surface area (Å²) in [6.45, 7) is 9.25. The van der Waals surface area contributed by atoms with Crippen LogP contribution in [0.15, 0.2) is 5.11 Å². The van der Waals surface area contributed by atoms with Crippen LogP contribution >= 0.6 is 0 Å². The first-order valence-electron chi connectivity index (χ1n) is 6.84. The van der Waals surface area contributed by atoms with E-state index in [1.807, 2.05) is 0 Å². The third kappa shape index (κ3) is 4.59. The van der Waals surface area contributed by atoms with Crippen LogP contribution in [0.25, 0.3) is 10.4 Å². The number of carbonyl (C=O) groups excluding carboxylic acids is 1. The third-order valence-corrected chi connectivity index (χ3v) is 3.44. The van der Waals surface area contributed by atoms with Crippen molar-refractivity contribution < 1.29 is 26.0 Å². The Balaban J connectivity index is 3.76. The number of nitrogens with zero attached hydrogens (tertiary/aromatic N) is 3. The normalized spacial score (nSPS) is 11.6. The van der Waals surface area contributed by atoms with E-state index in [1.54, 1.807) is 20.8 Å². The molecule has 0 atom stereocenters. The maximum absolute atomic E-state index is 13.0. The molecule has 0 spiro atoms. The average Bonchev–Trinajstić information content (AvgIpc) is 2.36. The predicted octanol–water partition coefficient (Wildman–Crippen LogP) is 4.10. The molecule has 132 valence electrons. The quantitative estimate of drug-likeness (QED) is 0.263. The summed E-state index contributed by atoms with van der Waals surface area (Å²) in [5, 5.41) is 3.45. The minimum atomic E-state index is -5.33. The Bertz CT molecular complexity index is 837. The van der Waals surface area contributed by atoms with E-state index in [0.717, 1.165) is 0 Å². The van der Waals surface area contributed by atoms with Crippen LogP contribution in [0.4, 0.5) is 9.57 Å². The molecule has 0 radical (unpaired) electrons. The lowest BCUT2D eigenvalue weighted by Crippen LogP contribution is -2.25. The summed E-state index contributed by atoms with van der Waals surface area (Å²) in [6, 6.07) is 0. The summed E-state index contributed by atoms with van der Waals surface area (Å²) in [7, 11) is -5.33. The number of hydrogen-bond donors (Lipinski definition) is 0. The van der Waals surface area contributed by atoms with Gasteiger partial charge >= 0.3 is 16.5 Å². The molecule has 1 aromatic rings. The zero-order valence-corrected chi connectivity index (χ0v) is 15.0. The Morgan fingerprint density at radius 2 is 1.71 bits per heavy atom. The highest BCUT2D eigenvalue weighted by Crippen LogP contribution is 2.39. The number of hydrogen-bond acceptors (Lipinski definition) is 6. The van der Waals surface area contributed by atoms with Crippen molar-refractivity contribution in [3.05, 3.63) is 32.7 Å². The standard InChI is InChI=1S/C14H18FN3O5S/c1-7-10(13(19)22-14(4,5)6)8(2)12(23-24(15,20)21)9(3)11(7)17-18-16/h1-6H3. The van der Waals surface area contributed by atoms with Crippen LogP contribution < -0.4 is 4.18 Å². The van der Waals surface area contributed by atoms with Crippen LogP contribution in [-0.2, 0) is 15.2 Å².